The number of rotatable bonds is 33. The third kappa shape index (κ3) is 25.0. The average Bonchev–Trinajstić information content (AvgIpc) is 3.80. The topological polar surface area (TPSA) is 144 Å². The largest absolute Gasteiger partial charge is 0.463 e. The van der Waals surface area contributed by atoms with Gasteiger partial charge in [-0.25, -0.2) is 0 Å². The van der Waals surface area contributed by atoms with Gasteiger partial charge >= 0.3 is 29.8 Å². The molecule has 0 amide bonds. The molecule has 2 aliphatic rings. The number of unbranched alkanes of at least 4 members (excludes halogenated alkanes) is 14. The molecule has 2 fully saturated rings. The zero-order chi connectivity index (χ0) is 41.4. The summed E-state index contributed by atoms with van der Waals surface area (Å²) < 4.78 is 33.6. The molecule has 0 aromatic heterocycles. The minimum Gasteiger partial charge on any atom is -0.463 e. The fourth-order valence-corrected chi connectivity index (χ4v) is 6.85. The Kier molecular flexibility index (Phi) is 28.6. The fourth-order valence-electron chi connectivity index (χ4n) is 6.85. The Morgan fingerprint density at radius 3 is 1.58 bits per heavy atom. The van der Waals surface area contributed by atoms with E-state index in [2.05, 4.69) is 30.9 Å². The number of esters is 5. The standard InChI is InChI=1S/C45H75NO11/c1-4-6-8-10-12-18-24-32-52-40(47)26-20-14-16-22-28-42(49)56-39-36-54-38(35-55-45(51)37-30-31-46(3)34-37)44(39)57-43(50)29-23-17-15-21-27-41(48)53-33-25-19-13-11-9-7-5-2/h18-19,24-25,37-39,44H,4-17,20-23,26-36H2,1-3H3/b24-18-,25-19-/t37?,38-,39+,44+/m1/s1. The van der Waals surface area contributed by atoms with E-state index in [1.54, 1.807) is 0 Å². The molecule has 2 rings (SSSR count). The van der Waals surface area contributed by atoms with Crippen LogP contribution in [-0.2, 0) is 52.4 Å². The minimum absolute atomic E-state index is 0.0269. The van der Waals surface area contributed by atoms with Gasteiger partial charge in [-0.3, -0.25) is 24.0 Å². The molecule has 2 aliphatic heterocycles. The lowest BCUT2D eigenvalue weighted by Gasteiger charge is -2.23. The van der Waals surface area contributed by atoms with E-state index in [9.17, 15) is 24.0 Å². The Hall–Kier alpha value is -3.25. The number of hydrogen-bond donors (Lipinski definition) is 0. The Morgan fingerprint density at radius 2 is 1.09 bits per heavy atom. The summed E-state index contributed by atoms with van der Waals surface area (Å²) in [5, 5.41) is 0. The summed E-state index contributed by atoms with van der Waals surface area (Å²) in [7, 11) is 1.96. The van der Waals surface area contributed by atoms with Crippen LogP contribution in [0.3, 0.4) is 0 Å². The van der Waals surface area contributed by atoms with Crippen LogP contribution in [0, 0.1) is 5.92 Å². The lowest BCUT2D eigenvalue weighted by Crippen LogP contribution is -2.40. The maximum atomic E-state index is 12.9. The van der Waals surface area contributed by atoms with Crippen molar-refractivity contribution in [2.45, 2.75) is 180 Å². The van der Waals surface area contributed by atoms with Gasteiger partial charge in [0.15, 0.2) is 12.2 Å². The second-order valence-corrected chi connectivity index (χ2v) is 15.6. The van der Waals surface area contributed by atoms with Crippen molar-refractivity contribution in [1.29, 1.82) is 0 Å². The lowest BCUT2D eigenvalue weighted by atomic mass is 10.1. The van der Waals surface area contributed by atoms with Crippen molar-refractivity contribution in [3.63, 3.8) is 0 Å². The number of carbonyl (C=O) groups excluding carboxylic acids is 5. The molecule has 0 bridgehead atoms. The zero-order valence-electron chi connectivity index (χ0n) is 35.6. The monoisotopic (exact) mass is 806 g/mol. The van der Waals surface area contributed by atoms with E-state index in [1.165, 1.54) is 38.5 Å². The summed E-state index contributed by atoms with van der Waals surface area (Å²) in [6.45, 7) is 6.35. The van der Waals surface area contributed by atoms with E-state index in [-0.39, 0.29) is 49.9 Å². The lowest BCUT2D eigenvalue weighted by molar-refractivity contribution is -0.168. The first kappa shape index (κ1) is 49.9. The molecule has 1 unspecified atom stereocenters. The SMILES string of the molecule is CCCCCC/C=C\COC(=O)CCCCCCC(=O)O[C@@H]1[C@@H](OC(=O)CCCCCCC(=O)OC/C=C\CCCCCC)CO[C@@H]1COC(=O)C1CCN(C)C1. The van der Waals surface area contributed by atoms with Crippen molar-refractivity contribution < 1.29 is 52.4 Å². The Morgan fingerprint density at radius 1 is 0.596 bits per heavy atom. The first-order valence-electron chi connectivity index (χ1n) is 22.2. The molecule has 0 spiro atoms. The molecular weight excluding hydrogens is 730 g/mol. The first-order valence-corrected chi connectivity index (χ1v) is 22.2. The molecule has 2 saturated heterocycles. The maximum Gasteiger partial charge on any atom is 0.310 e. The number of hydrogen-bond acceptors (Lipinski definition) is 12. The smallest absolute Gasteiger partial charge is 0.310 e. The summed E-state index contributed by atoms with van der Waals surface area (Å²) in [6, 6.07) is 0. The second-order valence-electron chi connectivity index (χ2n) is 15.6. The predicted octanol–water partition coefficient (Wildman–Crippen LogP) is 8.52. The van der Waals surface area contributed by atoms with Crippen molar-refractivity contribution in [3.8, 4) is 0 Å². The van der Waals surface area contributed by atoms with Crippen molar-refractivity contribution in [1.82, 2.24) is 4.90 Å². The molecule has 2 heterocycles. The van der Waals surface area contributed by atoms with Crippen LogP contribution < -0.4 is 0 Å². The highest BCUT2D eigenvalue weighted by molar-refractivity contribution is 5.73. The number of carbonyl (C=O) groups is 5. The van der Waals surface area contributed by atoms with Crippen molar-refractivity contribution in [2.24, 2.45) is 5.92 Å². The van der Waals surface area contributed by atoms with Gasteiger partial charge in [0.05, 0.1) is 12.5 Å². The second kappa shape index (κ2) is 32.7. The van der Waals surface area contributed by atoms with Gasteiger partial charge in [-0.1, -0.05) is 102 Å². The normalized spacial score (nSPS) is 19.6. The summed E-state index contributed by atoms with van der Waals surface area (Å²) in [6.07, 6.45) is 24.5. The number of nitrogens with zero attached hydrogens (tertiary/aromatic N) is 1. The van der Waals surface area contributed by atoms with E-state index in [1.807, 2.05) is 19.2 Å². The summed E-state index contributed by atoms with van der Waals surface area (Å²) >= 11 is 0. The number of allylic oxidation sites excluding steroid dienone is 2. The summed E-state index contributed by atoms with van der Waals surface area (Å²) in [5.41, 5.74) is 0. The van der Waals surface area contributed by atoms with Gasteiger partial charge in [0.25, 0.3) is 0 Å². The molecular formula is C45H75NO11. The molecule has 0 aromatic carbocycles. The van der Waals surface area contributed by atoms with E-state index < -0.39 is 30.3 Å². The van der Waals surface area contributed by atoms with Crippen LogP contribution in [0.15, 0.2) is 24.3 Å². The van der Waals surface area contributed by atoms with E-state index in [4.69, 9.17) is 28.4 Å². The zero-order valence-corrected chi connectivity index (χ0v) is 35.6. The molecule has 4 atom stereocenters. The Labute approximate surface area is 343 Å². The number of likely N-dealkylation sites (tertiary alicyclic amines) is 1. The maximum absolute atomic E-state index is 12.9. The Balaban J connectivity index is 1.69. The fraction of sp³-hybridized carbons (Fsp3) is 0.800. The van der Waals surface area contributed by atoms with Gasteiger partial charge in [-0.2, -0.15) is 0 Å². The van der Waals surface area contributed by atoms with E-state index >= 15 is 0 Å². The molecule has 0 aromatic rings. The highest BCUT2D eigenvalue weighted by atomic mass is 16.6. The predicted molar refractivity (Wildman–Crippen MR) is 219 cm³/mol. The highest BCUT2D eigenvalue weighted by Gasteiger charge is 2.44. The van der Waals surface area contributed by atoms with Crippen LogP contribution in [0.5, 0.6) is 0 Å². The molecule has 0 aliphatic carbocycles. The van der Waals surface area contributed by atoms with E-state index in [0.29, 0.717) is 58.3 Å². The van der Waals surface area contributed by atoms with Crippen LogP contribution in [0.4, 0.5) is 0 Å². The molecule has 0 N–H and O–H groups in total. The van der Waals surface area contributed by atoms with Gasteiger partial charge < -0.3 is 33.3 Å². The van der Waals surface area contributed by atoms with Crippen LogP contribution in [0.1, 0.15) is 162 Å². The minimum atomic E-state index is -0.900. The molecule has 0 radical (unpaired) electrons. The molecule has 12 nitrogen and oxygen atoms in total. The number of ether oxygens (including phenoxy) is 6. The van der Waals surface area contributed by atoms with Gasteiger partial charge in [0.1, 0.15) is 25.9 Å². The molecule has 326 valence electrons. The van der Waals surface area contributed by atoms with Crippen molar-refractivity contribution >= 4 is 29.8 Å². The van der Waals surface area contributed by atoms with Gasteiger partial charge in [0.2, 0.25) is 0 Å². The van der Waals surface area contributed by atoms with Crippen molar-refractivity contribution in [3.05, 3.63) is 24.3 Å². The molecule has 0 saturated carbocycles. The van der Waals surface area contributed by atoms with Crippen LogP contribution in [0.25, 0.3) is 0 Å². The first-order chi connectivity index (χ1) is 27.7. The van der Waals surface area contributed by atoms with Crippen molar-refractivity contribution in [2.75, 3.05) is 46.6 Å². The Bertz CT molecular complexity index is 1190. The quantitative estimate of drug-likeness (QED) is 0.0271. The van der Waals surface area contributed by atoms with Gasteiger partial charge in [0, 0.05) is 32.2 Å². The average molecular weight is 806 g/mol. The third-order valence-electron chi connectivity index (χ3n) is 10.4. The van der Waals surface area contributed by atoms with E-state index in [0.717, 1.165) is 64.3 Å². The summed E-state index contributed by atoms with van der Waals surface area (Å²) in [4.78, 5) is 64.6. The van der Waals surface area contributed by atoms with Gasteiger partial charge in [-0.05, 0) is 71.4 Å². The summed E-state index contributed by atoms with van der Waals surface area (Å²) in [5.74, 6) is -1.83. The van der Waals surface area contributed by atoms with Crippen LogP contribution >= 0.6 is 0 Å². The highest BCUT2D eigenvalue weighted by Crippen LogP contribution is 2.25. The van der Waals surface area contributed by atoms with Crippen LogP contribution in [-0.4, -0.2) is 99.6 Å². The van der Waals surface area contributed by atoms with Crippen LogP contribution in [0.2, 0.25) is 0 Å². The molecule has 12 heteroatoms. The van der Waals surface area contributed by atoms with Gasteiger partial charge in [-0.15, -0.1) is 0 Å². The third-order valence-corrected chi connectivity index (χ3v) is 10.4. The molecule has 57 heavy (non-hydrogen) atoms.